The molecule has 3 aliphatic rings. The molecule has 3 N–H and O–H groups in total. The molecule has 0 unspecified atom stereocenters. The molecule has 2 heterocycles. The van der Waals surface area contributed by atoms with Crippen molar-refractivity contribution in [1.82, 2.24) is 20.2 Å². The fourth-order valence-electron chi connectivity index (χ4n) is 5.13. The van der Waals surface area contributed by atoms with Crippen molar-refractivity contribution >= 4 is 24.0 Å². The van der Waals surface area contributed by atoms with E-state index in [1.54, 1.807) is 17.2 Å². The maximum absolute atomic E-state index is 13.5. The maximum Gasteiger partial charge on any atom is 0.248 e. The van der Waals surface area contributed by atoms with Crippen molar-refractivity contribution in [2.24, 2.45) is 17.3 Å². The van der Waals surface area contributed by atoms with Crippen LogP contribution >= 0.6 is 0 Å². The molecule has 2 aliphatic carbocycles. The Balaban J connectivity index is 1.46. The summed E-state index contributed by atoms with van der Waals surface area (Å²) in [7, 11) is 0. The molecule has 3 amide bonds. The van der Waals surface area contributed by atoms with Crippen molar-refractivity contribution < 1.29 is 19.6 Å². The molecule has 4 rings (SSSR count). The van der Waals surface area contributed by atoms with Crippen LogP contribution in [0, 0.1) is 17.3 Å². The standard InChI is InChI=1S/C21H31N5O4/c27-14-25(30)12-16(6-5-15-3-1-2-4-15)20(29)26-13-21(8-9-21)11-17(26)19(28)23-18-7-10-22-24-18/h7,10,14-17,30H,1-6,8-9,11-13H2,(H2,22,23,24,28)/t16-,17+/m1/s1. The normalized spacial score (nSPS) is 23.5. The number of likely N-dealkylation sites (tertiary alicyclic amines) is 1. The summed E-state index contributed by atoms with van der Waals surface area (Å²) in [5.74, 6) is 0.167. The number of hydroxylamine groups is 2. The van der Waals surface area contributed by atoms with Gasteiger partial charge in [-0.3, -0.25) is 24.7 Å². The van der Waals surface area contributed by atoms with Crippen molar-refractivity contribution in [2.75, 3.05) is 18.4 Å². The van der Waals surface area contributed by atoms with Gasteiger partial charge in [-0.2, -0.15) is 5.10 Å². The fourth-order valence-corrected chi connectivity index (χ4v) is 5.13. The van der Waals surface area contributed by atoms with E-state index >= 15 is 0 Å². The van der Waals surface area contributed by atoms with Gasteiger partial charge in [0.25, 0.3) is 0 Å². The molecule has 0 bridgehead atoms. The van der Waals surface area contributed by atoms with E-state index in [4.69, 9.17) is 0 Å². The highest BCUT2D eigenvalue weighted by Gasteiger charge is 2.55. The first-order chi connectivity index (χ1) is 14.5. The van der Waals surface area contributed by atoms with Crippen molar-refractivity contribution in [3.05, 3.63) is 12.3 Å². The molecule has 164 valence electrons. The first-order valence-corrected chi connectivity index (χ1v) is 11.0. The lowest BCUT2D eigenvalue weighted by atomic mass is 9.93. The van der Waals surface area contributed by atoms with E-state index in [0.29, 0.717) is 42.6 Å². The molecule has 0 aromatic carbocycles. The molecule has 9 heteroatoms. The molecule has 1 aromatic rings. The van der Waals surface area contributed by atoms with E-state index in [2.05, 4.69) is 15.5 Å². The minimum Gasteiger partial charge on any atom is -0.330 e. The van der Waals surface area contributed by atoms with Gasteiger partial charge in [0.05, 0.1) is 12.5 Å². The van der Waals surface area contributed by atoms with Gasteiger partial charge in [-0.1, -0.05) is 25.7 Å². The Bertz CT molecular complexity index is 757. The molecule has 3 fully saturated rings. The zero-order chi connectivity index (χ0) is 21.1. The van der Waals surface area contributed by atoms with Crippen molar-refractivity contribution in [3.63, 3.8) is 0 Å². The zero-order valence-electron chi connectivity index (χ0n) is 17.3. The summed E-state index contributed by atoms with van der Waals surface area (Å²) in [6.07, 6.45) is 11.0. The van der Waals surface area contributed by atoms with Gasteiger partial charge in [0, 0.05) is 18.8 Å². The Morgan fingerprint density at radius 2 is 2.17 bits per heavy atom. The Labute approximate surface area is 176 Å². The Kier molecular flexibility index (Phi) is 6.08. The first kappa shape index (κ1) is 20.8. The summed E-state index contributed by atoms with van der Waals surface area (Å²) in [5, 5.41) is 19.8. The average molecular weight is 418 g/mol. The molecule has 1 spiro atoms. The van der Waals surface area contributed by atoms with Crippen LogP contribution in [0.3, 0.4) is 0 Å². The summed E-state index contributed by atoms with van der Waals surface area (Å²) >= 11 is 0. The van der Waals surface area contributed by atoms with Crippen LogP contribution in [0.15, 0.2) is 12.3 Å². The van der Waals surface area contributed by atoms with Gasteiger partial charge in [-0.15, -0.1) is 0 Å². The lowest BCUT2D eigenvalue weighted by Gasteiger charge is -2.29. The Morgan fingerprint density at radius 3 is 2.80 bits per heavy atom. The number of hydrogen-bond donors (Lipinski definition) is 3. The maximum atomic E-state index is 13.5. The fraction of sp³-hybridized carbons (Fsp3) is 0.714. The number of amides is 3. The molecule has 1 aliphatic heterocycles. The number of carbonyl (C=O) groups excluding carboxylic acids is 3. The highest BCUT2D eigenvalue weighted by atomic mass is 16.5. The third-order valence-corrected chi connectivity index (χ3v) is 7.08. The quantitative estimate of drug-likeness (QED) is 0.323. The predicted octanol–water partition coefficient (Wildman–Crippen LogP) is 2.16. The molecule has 30 heavy (non-hydrogen) atoms. The van der Waals surface area contributed by atoms with Crippen LogP contribution in [0.5, 0.6) is 0 Å². The lowest BCUT2D eigenvalue weighted by molar-refractivity contribution is -0.158. The van der Waals surface area contributed by atoms with Crippen molar-refractivity contribution in [2.45, 2.75) is 63.8 Å². The molecule has 2 atom stereocenters. The third-order valence-electron chi connectivity index (χ3n) is 7.08. The largest absolute Gasteiger partial charge is 0.330 e. The molecule has 0 radical (unpaired) electrons. The number of nitrogens with one attached hydrogen (secondary N) is 2. The van der Waals surface area contributed by atoms with Gasteiger partial charge in [0.15, 0.2) is 5.82 Å². The summed E-state index contributed by atoms with van der Waals surface area (Å²) in [6, 6.07) is 1.12. The SMILES string of the molecule is O=CN(O)C[C@@H](CCC1CCCC1)C(=O)N1CC2(CC2)C[C@H]1C(=O)Nc1cc[nH]n1. The lowest BCUT2D eigenvalue weighted by Crippen LogP contribution is -2.47. The van der Waals surface area contributed by atoms with E-state index in [1.807, 2.05) is 0 Å². The molecular weight excluding hydrogens is 386 g/mol. The number of aromatic amines is 1. The van der Waals surface area contributed by atoms with E-state index in [9.17, 15) is 19.6 Å². The number of anilines is 1. The number of hydrogen-bond acceptors (Lipinski definition) is 5. The van der Waals surface area contributed by atoms with E-state index in [-0.39, 0.29) is 23.8 Å². The molecule has 1 saturated heterocycles. The molecule has 1 aromatic heterocycles. The van der Waals surface area contributed by atoms with Gasteiger partial charge in [0.2, 0.25) is 18.2 Å². The number of carbonyl (C=O) groups is 3. The summed E-state index contributed by atoms with van der Waals surface area (Å²) in [4.78, 5) is 39.1. The predicted molar refractivity (Wildman–Crippen MR) is 108 cm³/mol. The van der Waals surface area contributed by atoms with Gasteiger partial charge in [-0.05, 0) is 43.4 Å². The minimum atomic E-state index is -0.547. The van der Waals surface area contributed by atoms with Gasteiger partial charge < -0.3 is 10.2 Å². The second kappa shape index (κ2) is 8.75. The van der Waals surface area contributed by atoms with Crippen molar-refractivity contribution in [3.8, 4) is 0 Å². The minimum absolute atomic E-state index is 0.0355. The zero-order valence-corrected chi connectivity index (χ0v) is 17.3. The highest BCUT2D eigenvalue weighted by molar-refractivity contribution is 5.97. The monoisotopic (exact) mass is 417 g/mol. The van der Waals surface area contributed by atoms with Crippen LogP contribution < -0.4 is 5.32 Å². The number of nitrogens with zero attached hydrogens (tertiary/aromatic N) is 3. The third kappa shape index (κ3) is 4.66. The van der Waals surface area contributed by atoms with Gasteiger partial charge >= 0.3 is 0 Å². The van der Waals surface area contributed by atoms with Crippen LogP contribution in [0.2, 0.25) is 0 Å². The van der Waals surface area contributed by atoms with Crippen LogP contribution in [0.1, 0.15) is 57.8 Å². The second-order valence-corrected chi connectivity index (χ2v) is 9.29. The Morgan fingerprint density at radius 1 is 1.40 bits per heavy atom. The van der Waals surface area contributed by atoms with E-state index in [1.165, 1.54) is 25.7 Å². The van der Waals surface area contributed by atoms with Crippen LogP contribution in [0.4, 0.5) is 5.82 Å². The van der Waals surface area contributed by atoms with Crippen LogP contribution in [-0.4, -0.2) is 62.7 Å². The molecular formula is C21H31N5O4. The van der Waals surface area contributed by atoms with Crippen LogP contribution in [-0.2, 0) is 14.4 Å². The van der Waals surface area contributed by atoms with Crippen molar-refractivity contribution in [1.29, 1.82) is 0 Å². The summed E-state index contributed by atoms with van der Waals surface area (Å²) < 4.78 is 0. The Hall–Kier alpha value is -2.42. The number of H-pyrrole nitrogens is 1. The van der Waals surface area contributed by atoms with Crippen LogP contribution in [0.25, 0.3) is 0 Å². The summed E-state index contributed by atoms with van der Waals surface area (Å²) in [5.41, 5.74) is 0.0444. The average Bonchev–Trinajstić information content (AvgIpc) is 3.17. The second-order valence-electron chi connectivity index (χ2n) is 9.29. The topological polar surface area (TPSA) is 119 Å². The summed E-state index contributed by atoms with van der Waals surface area (Å²) in [6.45, 7) is 0.531. The highest BCUT2D eigenvalue weighted by Crippen LogP contribution is 2.55. The van der Waals surface area contributed by atoms with E-state index in [0.717, 1.165) is 19.3 Å². The van der Waals surface area contributed by atoms with E-state index < -0.39 is 12.0 Å². The van der Waals surface area contributed by atoms with Gasteiger partial charge in [-0.25, -0.2) is 5.06 Å². The molecule has 9 nitrogen and oxygen atoms in total. The smallest absolute Gasteiger partial charge is 0.248 e. The number of rotatable bonds is 9. The number of aromatic nitrogens is 2. The molecule has 2 saturated carbocycles. The van der Waals surface area contributed by atoms with Gasteiger partial charge in [0.1, 0.15) is 6.04 Å². The first-order valence-electron chi connectivity index (χ1n) is 11.0.